The van der Waals surface area contributed by atoms with Gasteiger partial charge in [-0.15, -0.1) is 6.58 Å². The molecular formula is C34H31F2NO3. The number of carbonyl (C=O) groups excluding carboxylic acids is 1. The minimum absolute atomic E-state index is 0.238. The van der Waals surface area contributed by atoms with Crippen LogP contribution in [-0.2, 0) is 6.42 Å². The average molecular weight is 540 g/mol. The molecule has 0 radical (unpaired) electrons. The first-order chi connectivity index (χ1) is 19.4. The number of pyridine rings is 1. The summed E-state index contributed by atoms with van der Waals surface area (Å²) < 4.78 is 32.9. The number of rotatable bonds is 12. The largest absolute Gasteiger partial charge is 0.494 e. The SMILES string of the molecule is C=CCC(F)(F)C/C=C/Cc1ccc(-c2ccc(-c3nc4ccccc4c(C(=O)/C=C/CO)c3OC)cc2)cc1. The molecule has 0 aliphatic rings. The molecule has 0 spiro atoms. The molecule has 0 unspecified atom stereocenters. The lowest BCUT2D eigenvalue weighted by atomic mass is 9.97. The van der Waals surface area contributed by atoms with Gasteiger partial charge in [0.1, 0.15) is 5.69 Å². The number of aliphatic hydroxyl groups is 1. The van der Waals surface area contributed by atoms with Crippen LogP contribution in [-0.4, -0.2) is 35.5 Å². The third-order valence-electron chi connectivity index (χ3n) is 6.50. The first kappa shape index (κ1) is 28.6. The number of hydrogen-bond acceptors (Lipinski definition) is 4. The van der Waals surface area contributed by atoms with Gasteiger partial charge in [-0.25, -0.2) is 13.8 Å². The van der Waals surface area contributed by atoms with Gasteiger partial charge in [0.2, 0.25) is 0 Å². The number of fused-ring (bicyclic) bond motifs is 1. The molecule has 6 heteroatoms. The lowest BCUT2D eigenvalue weighted by Gasteiger charge is -2.15. The molecule has 3 aromatic carbocycles. The predicted molar refractivity (Wildman–Crippen MR) is 157 cm³/mol. The van der Waals surface area contributed by atoms with Gasteiger partial charge in [-0.05, 0) is 35.3 Å². The molecule has 4 rings (SSSR count). The second-order valence-electron chi connectivity index (χ2n) is 9.34. The van der Waals surface area contributed by atoms with Gasteiger partial charge in [0.15, 0.2) is 11.5 Å². The number of aromatic nitrogens is 1. The van der Waals surface area contributed by atoms with E-state index in [-0.39, 0.29) is 25.2 Å². The molecule has 1 aromatic heterocycles. The Hall–Kier alpha value is -4.42. The number of halogens is 2. The molecule has 0 aliphatic heterocycles. The van der Waals surface area contributed by atoms with E-state index in [1.807, 2.05) is 72.8 Å². The van der Waals surface area contributed by atoms with E-state index in [1.165, 1.54) is 31.4 Å². The summed E-state index contributed by atoms with van der Waals surface area (Å²) in [5.41, 5.74) is 5.44. The molecule has 0 amide bonds. The van der Waals surface area contributed by atoms with Crippen molar-refractivity contribution in [1.29, 1.82) is 0 Å². The summed E-state index contributed by atoms with van der Waals surface area (Å²) in [5.74, 6) is -2.66. The van der Waals surface area contributed by atoms with Gasteiger partial charge in [0.25, 0.3) is 5.92 Å². The molecule has 0 aliphatic carbocycles. The molecule has 0 atom stereocenters. The van der Waals surface area contributed by atoms with Crippen molar-refractivity contribution in [3.63, 3.8) is 0 Å². The van der Waals surface area contributed by atoms with Crippen molar-refractivity contribution in [1.82, 2.24) is 4.98 Å². The number of carbonyl (C=O) groups is 1. The number of alkyl halides is 2. The topological polar surface area (TPSA) is 59.4 Å². The lowest BCUT2D eigenvalue weighted by molar-refractivity contribution is 0.00773. The van der Waals surface area contributed by atoms with Crippen LogP contribution in [0.5, 0.6) is 5.75 Å². The van der Waals surface area contributed by atoms with E-state index in [2.05, 4.69) is 6.58 Å². The fraction of sp³-hybridized carbons (Fsp3) is 0.176. The standard InChI is InChI=1S/C34H31F2NO3/c1-3-21-34(35,36)22-7-6-9-24-13-15-25(16-14-24)26-17-19-27(20-18-26)32-33(40-2)31(30(39)12-8-23-38)28-10-4-5-11-29(28)37-32/h3-8,10-20,38H,1,9,21-23H2,2H3/b7-6+,12-8+. The van der Waals surface area contributed by atoms with Crippen molar-refractivity contribution < 1.29 is 23.4 Å². The maximum atomic E-state index is 13.6. The normalized spacial score (nSPS) is 11.9. The lowest BCUT2D eigenvalue weighted by Crippen LogP contribution is -2.12. The summed E-state index contributed by atoms with van der Waals surface area (Å²) in [6, 6.07) is 23.2. The monoisotopic (exact) mass is 539 g/mol. The molecule has 4 aromatic rings. The summed E-state index contributed by atoms with van der Waals surface area (Å²) in [6.07, 6.45) is 7.22. The van der Waals surface area contributed by atoms with E-state index in [4.69, 9.17) is 14.8 Å². The summed E-state index contributed by atoms with van der Waals surface area (Å²) in [7, 11) is 1.51. The van der Waals surface area contributed by atoms with Crippen LogP contribution < -0.4 is 4.74 Å². The van der Waals surface area contributed by atoms with E-state index >= 15 is 0 Å². The molecule has 0 fully saturated rings. The first-order valence-corrected chi connectivity index (χ1v) is 13.0. The zero-order valence-electron chi connectivity index (χ0n) is 22.3. The Labute approximate surface area is 233 Å². The van der Waals surface area contributed by atoms with E-state index in [0.29, 0.717) is 34.3 Å². The molecular weight excluding hydrogens is 508 g/mol. The summed E-state index contributed by atoms with van der Waals surface area (Å²) in [5, 5.41) is 9.82. The van der Waals surface area contributed by atoms with Crippen molar-refractivity contribution in [2.45, 2.75) is 25.2 Å². The maximum absolute atomic E-state index is 13.6. The van der Waals surface area contributed by atoms with Gasteiger partial charge >= 0.3 is 0 Å². The molecule has 0 saturated carbocycles. The quantitative estimate of drug-likeness (QED) is 0.113. The molecule has 1 heterocycles. The zero-order chi connectivity index (χ0) is 28.5. The van der Waals surface area contributed by atoms with Gasteiger partial charge in [0, 0.05) is 23.8 Å². The Morgan fingerprint density at radius 1 is 0.925 bits per heavy atom. The van der Waals surface area contributed by atoms with Crippen LogP contribution in [0.4, 0.5) is 8.78 Å². The molecule has 1 N–H and O–H groups in total. The van der Waals surface area contributed by atoms with Crippen LogP contribution in [0.15, 0.2) is 110 Å². The van der Waals surface area contributed by atoms with Crippen LogP contribution in [0.3, 0.4) is 0 Å². The maximum Gasteiger partial charge on any atom is 0.254 e. The smallest absolute Gasteiger partial charge is 0.254 e. The number of aliphatic hydroxyl groups excluding tert-OH is 1. The van der Waals surface area contributed by atoms with Crippen LogP contribution in [0, 0.1) is 0 Å². The van der Waals surface area contributed by atoms with E-state index in [1.54, 1.807) is 6.08 Å². The van der Waals surface area contributed by atoms with Gasteiger partial charge in [-0.2, -0.15) is 0 Å². The number of allylic oxidation sites excluding steroid dienone is 4. The van der Waals surface area contributed by atoms with Crippen LogP contribution in [0.2, 0.25) is 0 Å². The average Bonchev–Trinajstić information content (AvgIpc) is 2.97. The first-order valence-electron chi connectivity index (χ1n) is 13.0. The van der Waals surface area contributed by atoms with Gasteiger partial charge in [0.05, 0.1) is 24.8 Å². The minimum atomic E-state index is -2.76. The summed E-state index contributed by atoms with van der Waals surface area (Å²) in [6.45, 7) is 3.14. The third kappa shape index (κ3) is 6.77. The van der Waals surface area contributed by atoms with Crippen LogP contribution in [0.25, 0.3) is 33.3 Å². The Morgan fingerprint density at radius 2 is 1.57 bits per heavy atom. The van der Waals surface area contributed by atoms with Crippen molar-refractivity contribution in [2.24, 2.45) is 0 Å². The second kappa shape index (κ2) is 13.1. The number of methoxy groups -OCH3 is 1. The Bertz CT molecular complexity index is 1540. The Kier molecular flexibility index (Phi) is 9.35. The predicted octanol–water partition coefficient (Wildman–Crippen LogP) is 8.01. The molecule has 204 valence electrons. The number of nitrogens with zero attached hydrogens (tertiary/aromatic N) is 1. The molecule has 0 bridgehead atoms. The molecule has 40 heavy (non-hydrogen) atoms. The fourth-order valence-electron chi connectivity index (χ4n) is 4.50. The van der Waals surface area contributed by atoms with Gasteiger partial charge < -0.3 is 9.84 Å². The van der Waals surface area contributed by atoms with Crippen molar-refractivity contribution in [3.8, 4) is 28.1 Å². The highest BCUT2D eigenvalue weighted by molar-refractivity contribution is 6.16. The highest BCUT2D eigenvalue weighted by Crippen LogP contribution is 2.37. The number of ketones is 1. The van der Waals surface area contributed by atoms with E-state index in [0.717, 1.165) is 22.3 Å². The van der Waals surface area contributed by atoms with Crippen molar-refractivity contribution >= 4 is 16.7 Å². The Morgan fingerprint density at radius 3 is 2.23 bits per heavy atom. The third-order valence-corrected chi connectivity index (χ3v) is 6.50. The molecule has 4 nitrogen and oxygen atoms in total. The minimum Gasteiger partial charge on any atom is -0.494 e. The van der Waals surface area contributed by atoms with Gasteiger partial charge in [-0.3, -0.25) is 4.79 Å². The zero-order valence-corrected chi connectivity index (χ0v) is 22.3. The highest BCUT2D eigenvalue weighted by Gasteiger charge is 2.24. The van der Waals surface area contributed by atoms with Crippen LogP contribution >= 0.6 is 0 Å². The van der Waals surface area contributed by atoms with E-state index in [9.17, 15) is 13.6 Å². The fourth-order valence-corrected chi connectivity index (χ4v) is 4.50. The van der Waals surface area contributed by atoms with Crippen molar-refractivity contribution in [2.75, 3.05) is 13.7 Å². The van der Waals surface area contributed by atoms with Crippen LogP contribution in [0.1, 0.15) is 28.8 Å². The highest BCUT2D eigenvalue weighted by atomic mass is 19.3. The van der Waals surface area contributed by atoms with Crippen molar-refractivity contribution in [3.05, 3.63) is 121 Å². The summed E-state index contributed by atoms with van der Waals surface area (Å²) in [4.78, 5) is 17.9. The van der Waals surface area contributed by atoms with Gasteiger partial charge in [-0.1, -0.05) is 91.0 Å². The Balaban J connectivity index is 1.57. The number of ether oxygens (including phenoxy) is 1. The summed E-state index contributed by atoms with van der Waals surface area (Å²) >= 11 is 0. The molecule has 0 saturated heterocycles. The van der Waals surface area contributed by atoms with E-state index < -0.39 is 5.92 Å². The number of para-hydroxylation sites is 1. The second-order valence-corrected chi connectivity index (χ2v) is 9.34. The number of benzene rings is 3. The number of hydrogen-bond donors (Lipinski definition) is 1.